The summed E-state index contributed by atoms with van der Waals surface area (Å²) in [6.07, 6.45) is 0.974. The van der Waals surface area contributed by atoms with E-state index in [1.54, 1.807) is 0 Å². The van der Waals surface area contributed by atoms with Gasteiger partial charge in [0.25, 0.3) is 0 Å². The van der Waals surface area contributed by atoms with E-state index in [1.807, 2.05) is 6.92 Å². The third-order valence-electron chi connectivity index (χ3n) is 2.97. The van der Waals surface area contributed by atoms with Gasteiger partial charge in [0.2, 0.25) is 0 Å². The van der Waals surface area contributed by atoms with Crippen molar-refractivity contribution in [2.45, 2.75) is 33.7 Å². The molecule has 17 heavy (non-hydrogen) atoms. The highest BCUT2D eigenvalue weighted by atomic mass is 16.5. The third-order valence-corrected chi connectivity index (χ3v) is 2.97. The predicted molar refractivity (Wildman–Crippen MR) is 70.3 cm³/mol. The van der Waals surface area contributed by atoms with Crippen molar-refractivity contribution in [2.24, 2.45) is 0 Å². The molecule has 3 heteroatoms. The second-order valence-corrected chi connectivity index (χ2v) is 4.24. The molecule has 0 radical (unpaired) electrons. The Kier molecular flexibility index (Phi) is 3.79. The minimum absolute atomic E-state index is 0.726. The zero-order chi connectivity index (χ0) is 12.3. The minimum Gasteiger partial charge on any atom is -0.380 e. The molecule has 92 valence electrons. The first-order valence-corrected chi connectivity index (χ1v) is 6.30. The fraction of sp³-hybridized carbons (Fsp3) is 0.500. The molecule has 0 bridgehead atoms. The number of hydrogen-bond donors (Lipinski definition) is 0. The van der Waals surface area contributed by atoms with Gasteiger partial charge in [-0.2, -0.15) is 5.10 Å². The molecule has 0 spiro atoms. The third kappa shape index (κ3) is 2.50. The van der Waals surface area contributed by atoms with Gasteiger partial charge in [-0.25, -0.2) is 0 Å². The molecule has 0 aliphatic heterocycles. The van der Waals surface area contributed by atoms with Crippen LogP contribution in [0.4, 0.5) is 0 Å². The largest absolute Gasteiger partial charge is 0.380 e. The predicted octanol–water partition coefficient (Wildman–Crippen LogP) is 2.94. The SMILES string of the molecule is CCOCCn1nc(CC)c2cc(C)ccc21. The zero-order valence-corrected chi connectivity index (χ0v) is 10.9. The van der Waals surface area contributed by atoms with Crippen molar-refractivity contribution in [3.63, 3.8) is 0 Å². The second kappa shape index (κ2) is 5.32. The van der Waals surface area contributed by atoms with E-state index < -0.39 is 0 Å². The molecular formula is C14H20N2O. The number of fused-ring (bicyclic) bond motifs is 1. The van der Waals surface area contributed by atoms with Gasteiger partial charge in [-0.3, -0.25) is 4.68 Å². The summed E-state index contributed by atoms with van der Waals surface area (Å²) in [5, 5.41) is 5.94. The van der Waals surface area contributed by atoms with Crippen molar-refractivity contribution >= 4 is 10.9 Å². The molecule has 0 amide bonds. The van der Waals surface area contributed by atoms with Crippen LogP contribution in [0, 0.1) is 6.92 Å². The molecule has 1 aromatic carbocycles. The first-order valence-electron chi connectivity index (χ1n) is 6.30. The molecule has 3 nitrogen and oxygen atoms in total. The lowest BCUT2D eigenvalue weighted by Crippen LogP contribution is -2.07. The first-order chi connectivity index (χ1) is 8.26. The number of aryl methyl sites for hydroxylation is 2. The van der Waals surface area contributed by atoms with Crippen LogP contribution in [0.3, 0.4) is 0 Å². The summed E-state index contributed by atoms with van der Waals surface area (Å²) in [4.78, 5) is 0. The van der Waals surface area contributed by atoms with Gasteiger partial charge < -0.3 is 4.74 Å². The van der Waals surface area contributed by atoms with Crippen LogP contribution in [0.1, 0.15) is 25.1 Å². The number of aromatic nitrogens is 2. The number of nitrogens with zero attached hydrogens (tertiary/aromatic N) is 2. The zero-order valence-electron chi connectivity index (χ0n) is 10.9. The number of rotatable bonds is 5. The maximum Gasteiger partial charge on any atom is 0.0700 e. The Labute approximate surface area is 102 Å². The van der Waals surface area contributed by atoms with Crippen LogP contribution in [0.25, 0.3) is 10.9 Å². The molecule has 2 aromatic rings. The van der Waals surface area contributed by atoms with Gasteiger partial charge in [0.15, 0.2) is 0 Å². The van der Waals surface area contributed by atoms with Gasteiger partial charge in [-0.1, -0.05) is 18.6 Å². The molecule has 0 N–H and O–H groups in total. The molecule has 1 aromatic heterocycles. The molecule has 0 saturated carbocycles. The minimum atomic E-state index is 0.726. The number of hydrogen-bond acceptors (Lipinski definition) is 2. The summed E-state index contributed by atoms with van der Waals surface area (Å²) in [5.74, 6) is 0. The van der Waals surface area contributed by atoms with E-state index in [0.717, 1.165) is 26.2 Å². The fourth-order valence-corrected chi connectivity index (χ4v) is 2.09. The van der Waals surface area contributed by atoms with E-state index in [4.69, 9.17) is 4.74 Å². The summed E-state index contributed by atoms with van der Waals surface area (Å²) < 4.78 is 7.45. The smallest absolute Gasteiger partial charge is 0.0700 e. The van der Waals surface area contributed by atoms with Crippen LogP contribution in [-0.2, 0) is 17.7 Å². The molecule has 1 heterocycles. The van der Waals surface area contributed by atoms with Gasteiger partial charge in [0, 0.05) is 12.0 Å². The molecule has 0 unspecified atom stereocenters. The lowest BCUT2D eigenvalue weighted by Gasteiger charge is -2.03. The van der Waals surface area contributed by atoms with Crippen molar-refractivity contribution in [1.82, 2.24) is 9.78 Å². The Morgan fingerprint density at radius 3 is 2.82 bits per heavy atom. The Morgan fingerprint density at radius 1 is 1.29 bits per heavy atom. The van der Waals surface area contributed by atoms with Crippen molar-refractivity contribution in [2.75, 3.05) is 13.2 Å². The van der Waals surface area contributed by atoms with Crippen LogP contribution in [0.5, 0.6) is 0 Å². The quantitative estimate of drug-likeness (QED) is 0.741. The van der Waals surface area contributed by atoms with Crippen molar-refractivity contribution in [3.8, 4) is 0 Å². The van der Waals surface area contributed by atoms with Crippen molar-refractivity contribution < 1.29 is 4.74 Å². The van der Waals surface area contributed by atoms with E-state index >= 15 is 0 Å². The van der Waals surface area contributed by atoms with Gasteiger partial charge >= 0.3 is 0 Å². The van der Waals surface area contributed by atoms with Gasteiger partial charge in [0.1, 0.15) is 0 Å². The van der Waals surface area contributed by atoms with E-state index in [9.17, 15) is 0 Å². The van der Waals surface area contributed by atoms with E-state index in [0.29, 0.717) is 0 Å². The fourth-order valence-electron chi connectivity index (χ4n) is 2.09. The van der Waals surface area contributed by atoms with Crippen LogP contribution in [0.15, 0.2) is 18.2 Å². The molecule has 0 fully saturated rings. The molecule has 0 aliphatic carbocycles. The van der Waals surface area contributed by atoms with Gasteiger partial charge in [-0.15, -0.1) is 0 Å². The Hall–Kier alpha value is -1.35. The molecule has 2 rings (SSSR count). The highest BCUT2D eigenvalue weighted by Gasteiger charge is 2.08. The molecule has 0 atom stereocenters. The van der Waals surface area contributed by atoms with Crippen LogP contribution >= 0.6 is 0 Å². The topological polar surface area (TPSA) is 27.1 Å². The van der Waals surface area contributed by atoms with Gasteiger partial charge in [-0.05, 0) is 32.4 Å². The van der Waals surface area contributed by atoms with Crippen LogP contribution in [0.2, 0.25) is 0 Å². The maximum absolute atomic E-state index is 5.39. The average molecular weight is 232 g/mol. The van der Waals surface area contributed by atoms with Crippen molar-refractivity contribution in [3.05, 3.63) is 29.5 Å². The lowest BCUT2D eigenvalue weighted by molar-refractivity contribution is 0.137. The summed E-state index contributed by atoms with van der Waals surface area (Å²) in [6, 6.07) is 6.52. The van der Waals surface area contributed by atoms with E-state index in [1.165, 1.54) is 22.2 Å². The van der Waals surface area contributed by atoms with Crippen LogP contribution < -0.4 is 0 Å². The standard InChI is InChI=1S/C14H20N2O/c1-4-13-12-10-11(3)6-7-14(12)16(15-13)8-9-17-5-2/h6-7,10H,4-5,8-9H2,1-3H3. The second-order valence-electron chi connectivity index (χ2n) is 4.24. The Balaban J connectivity index is 2.35. The first kappa shape index (κ1) is 12.1. The van der Waals surface area contributed by atoms with Crippen molar-refractivity contribution in [1.29, 1.82) is 0 Å². The highest BCUT2D eigenvalue weighted by molar-refractivity contribution is 5.82. The maximum atomic E-state index is 5.39. The van der Waals surface area contributed by atoms with E-state index in [-0.39, 0.29) is 0 Å². The monoisotopic (exact) mass is 232 g/mol. The molecule has 0 saturated heterocycles. The lowest BCUT2D eigenvalue weighted by atomic mass is 10.1. The average Bonchev–Trinajstić information content (AvgIpc) is 2.67. The van der Waals surface area contributed by atoms with Gasteiger partial charge in [0.05, 0.1) is 24.4 Å². The molecular weight excluding hydrogens is 212 g/mol. The number of ether oxygens (including phenoxy) is 1. The summed E-state index contributed by atoms with van der Waals surface area (Å²) >= 11 is 0. The number of benzene rings is 1. The molecule has 0 aliphatic rings. The summed E-state index contributed by atoms with van der Waals surface area (Å²) in [7, 11) is 0. The Morgan fingerprint density at radius 2 is 2.12 bits per heavy atom. The normalized spacial score (nSPS) is 11.2. The van der Waals surface area contributed by atoms with E-state index in [2.05, 4.69) is 41.8 Å². The van der Waals surface area contributed by atoms with Crippen LogP contribution in [-0.4, -0.2) is 23.0 Å². The summed E-state index contributed by atoms with van der Waals surface area (Å²) in [5.41, 5.74) is 3.68. The Bertz CT molecular complexity index is 502. The summed E-state index contributed by atoms with van der Waals surface area (Å²) in [6.45, 7) is 8.60. The highest BCUT2D eigenvalue weighted by Crippen LogP contribution is 2.20.